The van der Waals surface area contributed by atoms with Crippen molar-refractivity contribution in [2.24, 2.45) is 0 Å². The summed E-state index contributed by atoms with van der Waals surface area (Å²) in [6, 6.07) is 21.6. The Hall–Kier alpha value is -1.68. The molecule has 0 spiro atoms. The van der Waals surface area contributed by atoms with Gasteiger partial charge in [-0.15, -0.1) is 0 Å². The summed E-state index contributed by atoms with van der Waals surface area (Å²) in [7, 11) is 0. The molecule has 2 aromatic rings. The van der Waals surface area contributed by atoms with E-state index in [1.165, 1.54) is 11.1 Å². The molecule has 2 unspecified atom stereocenters. The Morgan fingerprint density at radius 1 is 0.630 bits per heavy atom. The molecular formula is C24H37N3. The van der Waals surface area contributed by atoms with E-state index in [1.54, 1.807) is 0 Å². The van der Waals surface area contributed by atoms with Gasteiger partial charge in [-0.05, 0) is 37.1 Å². The van der Waals surface area contributed by atoms with Crippen molar-refractivity contribution in [1.29, 1.82) is 0 Å². The van der Waals surface area contributed by atoms with E-state index in [4.69, 9.17) is 0 Å². The highest BCUT2D eigenvalue weighted by atomic mass is 15.3. The van der Waals surface area contributed by atoms with Gasteiger partial charge in [0.1, 0.15) is 0 Å². The molecule has 27 heavy (non-hydrogen) atoms. The molecule has 2 atom stereocenters. The van der Waals surface area contributed by atoms with Gasteiger partial charge in [0.25, 0.3) is 0 Å². The first-order valence-corrected chi connectivity index (χ1v) is 10.5. The van der Waals surface area contributed by atoms with Crippen LogP contribution in [-0.4, -0.2) is 35.2 Å². The average molecular weight is 368 g/mol. The first-order valence-electron chi connectivity index (χ1n) is 10.5. The quantitative estimate of drug-likeness (QED) is 0.527. The Bertz CT molecular complexity index is 569. The Labute approximate surface area is 166 Å². The van der Waals surface area contributed by atoms with Gasteiger partial charge in [-0.3, -0.25) is 15.1 Å². The third-order valence-corrected chi connectivity index (χ3v) is 5.31. The highest BCUT2D eigenvalue weighted by molar-refractivity contribution is 5.17. The standard InChI is InChI=1S/C24H37N3/c1-5-23(26(7-3)8-4)25-24(6-2)27(19-21-15-11-9-12-16-21)20-22-17-13-10-14-18-22/h9-18,23-25H,5-8,19-20H2,1-4H3. The fourth-order valence-electron chi connectivity index (χ4n) is 3.76. The van der Waals surface area contributed by atoms with E-state index in [-0.39, 0.29) is 0 Å². The van der Waals surface area contributed by atoms with Crippen LogP contribution in [0.25, 0.3) is 0 Å². The topological polar surface area (TPSA) is 18.5 Å². The largest absolute Gasteiger partial charge is 0.289 e. The zero-order chi connectivity index (χ0) is 19.5. The minimum Gasteiger partial charge on any atom is -0.289 e. The van der Waals surface area contributed by atoms with Gasteiger partial charge in [0, 0.05) is 13.1 Å². The van der Waals surface area contributed by atoms with Crippen molar-refractivity contribution in [3.05, 3.63) is 71.8 Å². The summed E-state index contributed by atoms with van der Waals surface area (Å²) in [6.45, 7) is 13.1. The van der Waals surface area contributed by atoms with Crippen LogP contribution in [0.15, 0.2) is 60.7 Å². The van der Waals surface area contributed by atoms with Crippen LogP contribution in [0.4, 0.5) is 0 Å². The van der Waals surface area contributed by atoms with E-state index in [2.05, 4.69) is 103 Å². The molecule has 0 aliphatic carbocycles. The molecule has 0 radical (unpaired) electrons. The van der Waals surface area contributed by atoms with Crippen LogP contribution < -0.4 is 5.32 Å². The van der Waals surface area contributed by atoms with E-state index < -0.39 is 0 Å². The number of hydrogen-bond acceptors (Lipinski definition) is 3. The number of rotatable bonds is 12. The van der Waals surface area contributed by atoms with Crippen molar-refractivity contribution in [2.45, 2.75) is 66.0 Å². The zero-order valence-electron chi connectivity index (χ0n) is 17.6. The lowest BCUT2D eigenvalue weighted by molar-refractivity contribution is 0.0795. The molecule has 0 aliphatic heterocycles. The van der Waals surface area contributed by atoms with Crippen LogP contribution in [-0.2, 0) is 13.1 Å². The highest BCUT2D eigenvalue weighted by Gasteiger charge is 2.22. The van der Waals surface area contributed by atoms with Gasteiger partial charge < -0.3 is 0 Å². The van der Waals surface area contributed by atoms with Crippen molar-refractivity contribution in [3.8, 4) is 0 Å². The Morgan fingerprint density at radius 2 is 1.04 bits per heavy atom. The molecule has 2 rings (SSSR count). The van der Waals surface area contributed by atoms with E-state index in [0.717, 1.165) is 39.0 Å². The predicted octanol–water partition coefficient (Wildman–Crippen LogP) is 5.09. The van der Waals surface area contributed by atoms with Crippen LogP contribution in [0.3, 0.4) is 0 Å². The molecule has 0 fully saturated rings. The molecule has 1 N–H and O–H groups in total. The lowest BCUT2D eigenvalue weighted by atomic mass is 10.1. The zero-order valence-corrected chi connectivity index (χ0v) is 17.6. The summed E-state index contributed by atoms with van der Waals surface area (Å²) in [5, 5.41) is 3.95. The van der Waals surface area contributed by atoms with Gasteiger partial charge in [-0.25, -0.2) is 0 Å². The number of nitrogens with zero attached hydrogens (tertiary/aromatic N) is 2. The summed E-state index contributed by atoms with van der Waals surface area (Å²) in [5.41, 5.74) is 2.73. The molecule has 0 aliphatic rings. The smallest absolute Gasteiger partial charge is 0.0612 e. The Kier molecular flexibility index (Phi) is 9.54. The summed E-state index contributed by atoms with van der Waals surface area (Å²) in [6.07, 6.45) is 2.95. The third kappa shape index (κ3) is 6.76. The van der Waals surface area contributed by atoms with Crippen LogP contribution in [0.1, 0.15) is 51.7 Å². The van der Waals surface area contributed by atoms with Gasteiger partial charge in [-0.1, -0.05) is 88.4 Å². The van der Waals surface area contributed by atoms with Crippen LogP contribution in [0, 0.1) is 0 Å². The normalized spacial score (nSPS) is 13.9. The molecule has 0 heterocycles. The summed E-state index contributed by atoms with van der Waals surface area (Å²) < 4.78 is 0. The highest BCUT2D eigenvalue weighted by Crippen LogP contribution is 2.16. The Morgan fingerprint density at radius 3 is 1.41 bits per heavy atom. The fraction of sp³-hybridized carbons (Fsp3) is 0.500. The number of hydrogen-bond donors (Lipinski definition) is 1. The lowest BCUT2D eigenvalue weighted by Crippen LogP contribution is -2.54. The molecule has 0 aromatic heterocycles. The van der Waals surface area contributed by atoms with E-state index in [9.17, 15) is 0 Å². The van der Waals surface area contributed by atoms with E-state index in [1.807, 2.05) is 0 Å². The first kappa shape index (κ1) is 21.6. The van der Waals surface area contributed by atoms with Crippen molar-refractivity contribution in [1.82, 2.24) is 15.1 Å². The molecule has 3 heteroatoms. The minimum absolute atomic E-state index is 0.343. The lowest BCUT2D eigenvalue weighted by Gasteiger charge is -2.38. The van der Waals surface area contributed by atoms with Crippen molar-refractivity contribution in [2.75, 3.05) is 13.1 Å². The van der Waals surface area contributed by atoms with E-state index in [0.29, 0.717) is 12.3 Å². The van der Waals surface area contributed by atoms with E-state index >= 15 is 0 Å². The van der Waals surface area contributed by atoms with Crippen LogP contribution >= 0.6 is 0 Å². The molecule has 0 saturated carbocycles. The predicted molar refractivity (Wildman–Crippen MR) is 116 cm³/mol. The number of nitrogens with one attached hydrogen (secondary N) is 1. The second-order valence-corrected chi connectivity index (χ2v) is 7.11. The summed E-state index contributed by atoms with van der Waals surface area (Å²) >= 11 is 0. The summed E-state index contributed by atoms with van der Waals surface area (Å²) in [4.78, 5) is 5.10. The second kappa shape index (κ2) is 11.9. The molecule has 0 amide bonds. The molecule has 2 aromatic carbocycles. The van der Waals surface area contributed by atoms with Crippen molar-refractivity contribution in [3.63, 3.8) is 0 Å². The number of benzene rings is 2. The van der Waals surface area contributed by atoms with Crippen molar-refractivity contribution < 1.29 is 0 Å². The van der Waals surface area contributed by atoms with Gasteiger partial charge in [0.05, 0.1) is 12.3 Å². The molecule has 0 bridgehead atoms. The maximum Gasteiger partial charge on any atom is 0.0612 e. The SMILES string of the molecule is CCC(NC(CC)N(Cc1ccccc1)Cc1ccccc1)N(CC)CC. The maximum atomic E-state index is 3.95. The van der Waals surface area contributed by atoms with Gasteiger partial charge >= 0.3 is 0 Å². The van der Waals surface area contributed by atoms with Gasteiger partial charge in [-0.2, -0.15) is 0 Å². The van der Waals surface area contributed by atoms with Crippen LogP contribution in [0.2, 0.25) is 0 Å². The van der Waals surface area contributed by atoms with Crippen molar-refractivity contribution >= 4 is 0 Å². The van der Waals surface area contributed by atoms with Crippen LogP contribution in [0.5, 0.6) is 0 Å². The molecule has 148 valence electrons. The van der Waals surface area contributed by atoms with Gasteiger partial charge in [0.15, 0.2) is 0 Å². The first-order chi connectivity index (χ1) is 13.2. The molecule has 0 saturated heterocycles. The minimum atomic E-state index is 0.343. The van der Waals surface area contributed by atoms with Gasteiger partial charge in [0.2, 0.25) is 0 Å². The monoisotopic (exact) mass is 367 g/mol. The average Bonchev–Trinajstić information content (AvgIpc) is 2.72. The molecular weight excluding hydrogens is 330 g/mol. The third-order valence-electron chi connectivity index (χ3n) is 5.31. The Balaban J connectivity index is 2.19. The second-order valence-electron chi connectivity index (χ2n) is 7.11. The summed E-state index contributed by atoms with van der Waals surface area (Å²) in [5.74, 6) is 0. The molecule has 3 nitrogen and oxygen atoms in total. The fourth-order valence-corrected chi connectivity index (χ4v) is 3.76. The maximum absolute atomic E-state index is 3.95.